The molecule has 4 amide bonds. The molecule has 2 atom stereocenters. The van der Waals surface area contributed by atoms with Crippen molar-refractivity contribution in [2.75, 3.05) is 24.5 Å². The highest BCUT2D eigenvalue weighted by Crippen LogP contribution is 2.39. The molecule has 0 spiro atoms. The quantitative estimate of drug-likeness (QED) is 0.486. The van der Waals surface area contributed by atoms with Gasteiger partial charge in [0.1, 0.15) is 17.9 Å². The Morgan fingerprint density at radius 2 is 1.72 bits per heavy atom. The topological polar surface area (TPSA) is 130 Å². The highest BCUT2D eigenvalue weighted by atomic mass is 35.5. The third-order valence-corrected chi connectivity index (χ3v) is 6.99. The van der Waals surface area contributed by atoms with Crippen molar-refractivity contribution < 1.29 is 42.6 Å². The monoisotopic (exact) mass is 568 g/mol. The van der Waals surface area contributed by atoms with Crippen molar-refractivity contribution in [3.63, 3.8) is 0 Å². The van der Waals surface area contributed by atoms with Gasteiger partial charge in [-0.05, 0) is 24.3 Å². The first-order valence-corrected chi connectivity index (χ1v) is 12.2. The standard InChI is InChI=1S/C25H24ClF3N4O6/c26-18-7-2-1-6-17(18)20(21(34)30-15-11-25(28,29)12-15)33(16-5-3-4-14(27)10-16)22(35)19-13-31(23(36)37)8-9-32(19)24(38)39/h1-7,10,15,19-20H,8-9,11-13H2,(H,30,34)(H,36,37)(H,38,39)/t19?,20-/m0/s1. The van der Waals surface area contributed by atoms with E-state index in [1.54, 1.807) is 6.07 Å². The summed E-state index contributed by atoms with van der Waals surface area (Å²) in [7, 11) is 0. The maximum Gasteiger partial charge on any atom is 0.408 e. The number of alkyl halides is 2. The van der Waals surface area contributed by atoms with E-state index >= 15 is 0 Å². The lowest BCUT2D eigenvalue weighted by atomic mass is 9.87. The number of carbonyl (C=O) groups is 4. The Balaban J connectivity index is 1.82. The minimum absolute atomic E-state index is 0.0247. The molecule has 10 nitrogen and oxygen atoms in total. The fourth-order valence-electron chi connectivity index (χ4n) is 4.72. The van der Waals surface area contributed by atoms with E-state index in [9.17, 15) is 42.6 Å². The van der Waals surface area contributed by atoms with E-state index in [-0.39, 0.29) is 29.4 Å². The number of halogens is 4. The smallest absolute Gasteiger partial charge is 0.408 e. The molecule has 2 aliphatic rings. The third kappa shape index (κ3) is 6.03. The highest BCUT2D eigenvalue weighted by Gasteiger charge is 2.48. The van der Waals surface area contributed by atoms with E-state index in [1.807, 2.05) is 0 Å². The fraction of sp³-hybridized carbons (Fsp3) is 0.360. The number of carbonyl (C=O) groups excluding carboxylic acids is 2. The van der Waals surface area contributed by atoms with Crippen LogP contribution in [0.1, 0.15) is 24.4 Å². The summed E-state index contributed by atoms with van der Waals surface area (Å²) in [6.07, 6.45) is -4.13. The number of carboxylic acid groups (broad SMARTS) is 2. The summed E-state index contributed by atoms with van der Waals surface area (Å²) in [6.45, 7) is -1.09. The molecule has 208 valence electrons. The SMILES string of the molecule is O=C(NC1CC(F)(F)C1)[C@H](c1ccccc1Cl)N(C(=O)C1CN(C(=O)O)CCN1C(=O)O)c1cccc(F)c1. The Bertz CT molecular complexity index is 1290. The van der Waals surface area contributed by atoms with Crippen LogP contribution >= 0.6 is 11.6 Å². The molecule has 3 N–H and O–H groups in total. The van der Waals surface area contributed by atoms with Gasteiger partial charge in [0.25, 0.3) is 11.8 Å². The van der Waals surface area contributed by atoms with Crippen molar-refractivity contribution in [1.29, 1.82) is 0 Å². The summed E-state index contributed by atoms with van der Waals surface area (Å²) in [5.74, 6) is -5.68. The van der Waals surface area contributed by atoms with Crippen molar-refractivity contribution in [2.24, 2.45) is 0 Å². The number of hydrogen-bond acceptors (Lipinski definition) is 4. The maximum absolute atomic E-state index is 14.4. The molecule has 14 heteroatoms. The zero-order chi connectivity index (χ0) is 28.5. The van der Waals surface area contributed by atoms with Gasteiger partial charge in [0, 0.05) is 48.2 Å². The van der Waals surface area contributed by atoms with Crippen LogP contribution < -0.4 is 10.2 Å². The van der Waals surface area contributed by atoms with Gasteiger partial charge in [0.15, 0.2) is 0 Å². The van der Waals surface area contributed by atoms with Crippen LogP contribution in [0.2, 0.25) is 5.02 Å². The number of nitrogens with zero attached hydrogens (tertiary/aromatic N) is 3. The van der Waals surface area contributed by atoms with Crippen molar-refractivity contribution >= 4 is 41.3 Å². The molecule has 39 heavy (non-hydrogen) atoms. The average Bonchev–Trinajstić information content (AvgIpc) is 2.85. The largest absolute Gasteiger partial charge is 0.465 e. The van der Waals surface area contributed by atoms with Gasteiger partial charge >= 0.3 is 12.2 Å². The molecule has 4 rings (SSSR count). The molecule has 0 aromatic heterocycles. The van der Waals surface area contributed by atoms with E-state index in [1.165, 1.54) is 30.3 Å². The fourth-order valence-corrected chi connectivity index (χ4v) is 4.96. The van der Waals surface area contributed by atoms with Crippen molar-refractivity contribution in [3.8, 4) is 0 Å². The van der Waals surface area contributed by atoms with Gasteiger partial charge in [0.05, 0.1) is 6.54 Å². The number of piperazine rings is 1. The van der Waals surface area contributed by atoms with Crippen LogP contribution in [0.4, 0.5) is 28.4 Å². The maximum atomic E-state index is 14.4. The van der Waals surface area contributed by atoms with Gasteiger partial charge in [0.2, 0.25) is 5.91 Å². The number of hydrogen-bond donors (Lipinski definition) is 3. The Hall–Kier alpha value is -4.00. The lowest BCUT2D eigenvalue weighted by Crippen LogP contribution is -2.63. The second kappa shape index (κ2) is 11.0. The van der Waals surface area contributed by atoms with E-state index in [0.29, 0.717) is 0 Å². The summed E-state index contributed by atoms with van der Waals surface area (Å²) in [5, 5.41) is 21.7. The van der Waals surface area contributed by atoms with Crippen molar-refractivity contribution in [1.82, 2.24) is 15.1 Å². The summed E-state index contributed by atoms with van der Waals surface area (Å²) in [6, 6.07) is 6.35. The number of anilines is 1. The number of amides is 4. The highest BCUT2D eigenvalue weighted by molar-refractivity contribution is 6.31. The van der Waals surface area contributed by atoms with E-state index in [4.69, 9.17) is 11.6 Å². The van der Waals surface area contributed by atoms with Gasteiger partial charge in [-0.3, -0.25) is 19.4 Å². The van der Waals surface area contributed by atoms with Gasteiger partial charge in [-0.25, -0.2) is 22.8 Å². The molecule has 0 radical (unpaired) electrons. The Morgan fingerprint density at radius 3 is 2.31 bits per heavy atom. The lowest BCUT2D eigenvalue weighted by molar-refractivity contribution is -0.134. The van der Waals surface area contributed by atoms with E-state index in [0.717, 1.165) is 26.8 Å². The minimum atomic E-state index is -2.96. The molecule has 1 saturated heterocycles. The van der Waals surface area contributed by atoms with Crippen LogP contribution in [-0.4, -0.2) is 81.7 Å². The molecule has 1 aliphatic carbocycles. The van der Waals surface area contributed by atoms with Crippen LogP contribution in [0, 0.1) is 5.82 Å². The van der Waals surface area contributed by atoms with E-state index < -0.39 is 73.3 Å². The molecule has 1 heterocycles. The first-order valence-electron chi connectivity index (χ1n) is 11.9. The lowest BCUT2D eigenvalue weighted by Gasteiger charge is -2.42. The summed E-state index contributed by atoms with van der Waals surface area (Å²) >= 11 is 6.39. The molecule has 2 aromatic carbocycles. The van der Waals surface area contributed by atoms with Crippen molar-refractivity contribution in [3.05, 3.63) is 64.9 Å². The minimum Gasteiger partial charge on any atom is -0.465 e. The van der Waals surface area contributed by atoms with E-state index in [2.05, 4.69) is 5.32 Å². The number of nitrogens with one attached hydrogen (secondary N) is 1. The molecule has 2 aromatic rings. The normalized spacial score (nSPS) is 19.5. The second-order valence-corrected chi connectivity index (χ2v) is 9.71. The third-order valence-electron chi connectivity index (χ3n) is 6.65. The van der Waals surface area contributed by atoms with Crippen LogP contribution in [0.15, 0.2) is 48.5 Å². The first kappa shape index (κ1) is 28.0. The number of rotatable bonds is 6. The molecule has 1 aliphatic heterocycles. The van der Waals surface area contributed by atoms with Gasteiger partial charge in [-0.15, -0.1) is 0 Å². The Labute approximate surface area is 225 Å². The second-order valence-electron chi connectivity index (χ2n) is 9.30. The molecule has 1 unspecified atom stereocenters. The van der Waals surface area contributed by atoms with Crippen LogP contribution in [0.5, 0.6) is 0 Å². The molecule has 2 fully saturated rings. The predicted octanol–water partition coefficient (Wildman–Crippen LogP) is 3.81. The predicted molar refractivity (Wildman–Crippen MR) is 132 cm³/mol. The van der Waals surface area contributed by atoms with Crippen LogP contribution in [0.25, 0.3) is 0 Å². The Kier molecular flexibility index (Phi) is 7.91. The van der Waals surface area contributed by atoms with Crippen LogP contribution in [-0.2, 0) is 9.59 Å². The van der Waals surface area contributed by atoms with Gasteiger partial charge < -0.3 is 20.4 Å². The average molecular weight is 569 g/mol. The summed E-state index contributed by atoms with van der Waals surface area (Å²) in [5.41, 5.74) is -0.0927. The Morgan fingerprint density at radius 1 is 1.03 bits per heavy atom. The summed E-state index contributed by atoms with van der Waals surface area (Å²) in [4.78, 5) is 53.9. The zero-order valence-corrected chi connectivity index (χ0v) is 21.0. The first-order chi connectivity index (χ1) is 18.4. The number of benzene rings is 2. The molecular weight excluding hydrogens is 545 g/mol. The molecule has 0 bridgehead atoms. The van der Waals surface area contributed by atoms with Crippen LogP contribution in [0.3, 0.4) is 0 Å². The van der Waals surface area contributed by atoms with Crippen molar-refractivity contribution in [2.45, 2.75) is 36.9 Å². The molecule has 1 saturated carbocycles. The summed E-state index contributed by atoms with van der Waals surface area (Å²) < 4.78 is 41.4. The van der Waals surface area contributed by atoms with Gasteiger partial charge in [-0.1, -0.05) is 35.9 Å². The van der Waals surface area contributed by atoms with Gasteiger partial charge in [-0.2, -0.15) is 0 Å². The zero-order valence-electron chi connectivity index (χ0n) is 20.3. The molecular formula is C25H24ClF3N4O6.